The Morgan fingerprint density at radius 3 is 3.00 bits per heavy atom. The lowest BCUT2D eigenvalue weighted by Gasteiger charge is -1.85. The number of hydrogen-bond acceptors (Lipinski definition) is 3. The number of rotatable bonds is 2. The summed E-state index contributed by atoms with van der Waals surface area (Å²) >= 11 is 0. The summed E-state index contributed by atoms with van der Waals surface area (Å²) in [6.07, 6.45) is 1.39. The molecule has 1 aromatic rings. The lowest BCUT2D eigenvalue weighted by molar-refractivity contribution is 0.0876. The molecule has 0 radical (unpaired) electrons. The van der Waals surface area contributed by atoms with E-state index < -0.39 is 6.61 Å². The zero-order valence-electron chi connectivity index (χ0n) is 4.70. The smallest absolute Gasteiger partial charge is 0.223 e. The minimum atomic E-state index is -0.493. The van der Waals surface area contributed by atoms with Crippen LogP contribution in [0.3, 0.4) is 0 Å². The monoisotopic (exact) mass is 126 g/mol. The van der Waals surface area contributed by atoms with Crippen molar-refractivity contribution >= 4 is 5.78 Å². The van der Waals surface area contributed by atoms with Crippen LogP contribution < -0.4 is 0 Å². The van der Waals surface area contributed by atoms with Crippen molar-refractivity contribution in [3.63, 3.8) is 0 Å². The first-order valence-electron chi connectivity index (χ1n) is 2.52. The van der Waals surface area contributed by atoms with Crippen LogP contribution in [0.4, 0.5) is 0 Å². The third kappa shape index (κ3) is 1.17. The molecule has 1 N–H and O–H groups in total. The van der Waals surface area contributed by atoms with Crippen molar-refractivity contribution in [2.45, 2.75) is 0 Å². The van der Waals surface area contributed by atoms with Crippen molar-refractivity contribution in [3.05, 3.63) is 24.2 Å². The standard InChI is InChI=1S/C6H6O3/c7-4-5(8)6-2-1-3-9-6/h1-3,7H,4H2. The van der Waals surface area contributed by atoms with E-state index in [0.29, 0.717) is 0 Å². The maximum atomic E-state index is 10.5. The highest BCUT2D eigenvalue weighted by atomic mass is 16.3. The molecule has 0 saturated carbocycles. The zero-order chi connectivity index (χ0) is 6.69. The van der Waals surface area contributed by atoms with Gasteiger partial charge in [0, 0.05) is 0 Å². The van der Waals surface area contributed by atoms with Gasteiger partial charge in [-0.05, 0) is 12.1 Å². The zero-order valence-corrected chi connectivity index (χ0v) is 4.70. The molecular weight excluding hydrogens is 120 g/mol. The summed E-state index contributed by atoms with van der Waals surface area (Å²) in [4.78, 5) is 10.5. The highest BCUT2D eigenvalue weighted by Gasteiger charge is 2.04. The van der Waals surface area contributed by atoms with Crippen LogP contribution in [0.2, 0.25) is 0 Å². The van der Waals surface area contributed by atoms with Crippen LogP contribution in [0.5, 0.6) is 0 Å². The van der Waals surface area contributed by atoms with E-state index in [1.165, 1.54) is 12.3 Å². The summed E-state index contributed by atoms with van der Waals surface area (Å²) in [6, 6.07) is 3.11. The third-order valence-electron chi connectivity index (χ3n) is 0.940. The third-order valence-corrected chi connectivity index (χ3v) is 0.940. The van der Waals surface area contributed by atoms with Crippen LogP contribution in [0.15, 0.2) is 22.8 Å². The van der Waals surface area contributed by atoms with Gasteiger partial charge in [0.15, 0.2) is 5.76 Å². The van der Waals surface area contributed by atoms with Gasteiger partial charge >= 0.3 is 0 Å². The number of aliphatic hydroxyl groups excluding tert-OH is 1. The molecule has 0 amide bonds. The largest absolute Gasteiger partial charge is 0.461 e. The fraction of sp³-hybridized carbons (Fsp3) is 0.167. The van der Waals surface area contributed by atoms with Gasteiger partial charge in [0.05, 0.1) is 6.26 Å². The molecule has 0 spiro atoms. The highest BCUT2D eigenvalue weighted by molar-refractivity contribution is 5.94. The van der Waals surface area contributed by atoms with Crippen LogP contribution in [-0.4, -0.2) is 17.5 Å². The SMILES string of the molecule is O=C(CO)c1ccco1. The molecule has 1 aromatic heterocycles. The van der Waals surface area contributed by atoms with Crippen molar-refractivity contribution in [3.8, 4) is 0 Å². The van der Waals surface area contributed by atoms with Crippen molar-refractivity contribution in [2.75, 3.05) is 6.61 Å². The molecule has 48 valence electrons. The van der Waals surface area contributed by atoms with E-state index in [2.05, 4.69) is 4.42 Å². The topological polar surface area (TPSA) is 50.4 Å². The van der Waals surface area contributed by atoms with E-state index >= 15 is 0 Å². The van der Waals surface area contributed by atoms with Gasteiger partial charge in [-0.2, -0.15) is 0 Å². The van der Waals surface area contributed by atoms with E-state index in [-0.39, 0.29) is 11.5 Å². The normalized spacial score (nSPS) is 9.44. The second-order valence-electron chi connectivity index (χ2n) is 1.56. The minimum Gasteiger partial charge on any atom is -0.461 e. The average Bonchev–Trinajstić information content (AvgIpc) is 2.37. The van der Waals surface area contributed by atoms with E-state index in [4.69, 9.17) is 5.11 Å². The van der Waals surface area contributed by atoms with Crippen LogP contribution in [0, 0.1) is 0 Å². The van der Waals surface area contributed by atoms with Crippen molar-refractivity contribution in [1.82, 2.24) is 0 Å². The molecule has 0 fully saturated rings. The Hall–Kier alpha value is -1.09. The number of carbonyl (C=O) groups excluding carboxylic acids is 1. The first kappa shape index (κ1) is 6.04. The Kier molecular flexibility index (Phi) is 1.65. The fourth-order valence-electron chi connectivity index (χ4n) is 0.515. The Balaban J connectivity index is 2.77. The summed E-state index contributed by atoms with van der Waals surface area (Å²) in [5.74, 6) is -0.183. The van der Waals surface area contributed by atoms with Gasteiger partial charge in [-0.1, -0.05) is 0 Å². The summed E-state index contributed by atoms with van der Waals surface area (Å²) in [6.45, 7) is -0.493. The molecule has 0 unspecified atom stereocenters. The minimum absolute atomic E-state index is 0.206. The molecule has 1 rings (SSSR count). The van der Waals surface area contributed by atoms with Crippen molar-refractivity contribution in [1.29, 1.82) is 0 Å². The maximum absolute atomic E-state index is 10.5. The fourth-order valence-corrected chi connectivity index (χ4v) is 0.515. The van der Waals surface area contributed by atoms with Crippen LogP contribution in [0.1, 0.15) is 10.6 Å². The summed E-state index contributed by atoms with van der Waals surface area (Å²) < 4.78 is 4.68. The molecule has 3 heteroatoms. The number of hydrogen-bond donors (Lipinski definition) is 1. The first-order chi connectivity index (χ1) is 4.34. The predicted octanol–water partition coefficient (Wildman–Crippen LogP) is 0.455. The number of Topliss-reactive ketones (excluding diaryl/α,β-unsaturated/α-hetero) is 1. The van der Waals surface area contributed by atoms with Crippen LogP contribution in [-0.2, 0) is 0 Å². The van der Waals surface area contributed by atoms with E-state index in [0.717, 1.165) is 0 Å². The van der Waals surface area contributed by atoms with Crippen LogP contribution >= 0.6 is 0 Å². The summed E-state index contributed by atoms with van der Waals surface area (Å²) in [7, 11) is 0. The molecule has 0 aliphatic rings. The van der Waals surface area contributed by atoms with Gasteiger partial charge in [0.25, 0.3) is 0 Å². The van der Waals surface area contributed by atoms with E-state index in [1.807, 2.05) is 0 Å². The lowest BCUT2D eigenvalue weighted by atomic mass is 10.3. The number of ketones is 1. The number of aliphatic hydroxyl groups is 1. The van der Waals surface area contributed by atoms with Gasteiger partial charge in [-0.15, -0.1) is 0 Å². The Labute approximate surface area is 51.9 Å². The predicted molar refractivity (Wildman–Crippen MR) is 30.1 cm³/mol. The van der Waals surface area contributed by atoms with Gasteiger partial charge in [-0.25, -0.2) is 0 Å². The number of carbonyl (C=O) groups is 1. The molecule has 1 heterocycles. The van der Waals surface area contributed by atoms with Gasteiger partial charge in [0.2, 0.25) is 5.78 Å². The molecule has 0 saturated heterocycles. The Bertz CT molecular complexity index is 188. The van der Waals surface area contributed by atoms with Gasteiger partial charge < -0.3 is 9.52 Å². The number of furan rings is 1. The lowest BCUT2D eigenvalue weighted by Crippen LogP contribution is -2.01. The van der Waals surface area contributed by atoms with Crippen molar-refractivity contribution in [2.24, 2.45) is 0 Å². The molecule has 0 aromatic carbocycles. The molecular formula is C6H6O3. The second kappa shape index (κ2) is 2.46. The van der Waals surface area contributed by atoms with Gasteiger partial charge in [-0.3, -0.25) is 4.79 Å². The first-order valence-corrected chi connectivity index (χ1v) is 2.52. The van der Waals surface area contributed by atoms with E-state index in [1.54, 1.807) is 6.07 Å². The van der Waals surface area contributed by atoms with Crippen molar-refractivity contribution < 1.29 is 14.3 Å². The maximum Gasteiger partial charge on any atom is 0.223 e. The molecule has 0 bridgehead atoms. The summed E-state index contributed by atoms with van der Waals surface area (Å²) in [5.41, 5.74) is 0. The Morgan fingerprint density at radius 1 is 1.78 bits per heavy atom. The molecule has 0 aliphatic heterocycles. The van der Waals surface area contributed by atoms with E-state index in [9.17, 15) is 4.79 Å². The molecule has 0 aliphatic carbocycles. The quantitative estimate of drug-likeness (QED) is 0.585. The molecule has 0 atom stereocenters. The molecule has 3 nitrogen and oxygen atoms in total. The highest BCUT2D eigenvalue weighted by Crippen LogP contribution is 1.99. The summed E-state index contributed by atoms with van der Waals surface area (Å²) in [5, 5.41) is 8.30. The Morgan fingerprint density at radius 2 is 2.56 bits per heavy atom. The molecule has 9 heavy (non-hydrogen) atoms. The second-order valence-corrected chi connectivity index (χ2v) is 1.56. The van der Waals surface area contributed by atoms with Crippen LogP contribution in [0.25, 0.3) is 0 Å². The average molecular weight is 126 g/mol. The van der Waals surface area contributed by atoms with Gasteiger partial charge in [0.1, 0.15) is 6.61 Å².